The summed E-state index contributed by atoms with van der Waals surface area (Å²) in [5, 5.41) is 2.98. The third kappa shape index (κ3) is 3.31. The van der Waals surface area contributed by atoms with E-state index in [1.165, 1.54) is 0 Å². The summed E-state index contributed by atoms with van der Waals surface area (Å²) in [6.07, 6.45) is 6.60. The van der Waals surface area contributed by atoms with Crippen molar-refractivity contribution in [3.05, 3.63) is 23.8 Å². The lowest BCUT2D eigenvalue weighted by Gasteiger charge is -2.22. The second-order valence-corrected chi connectivity index (χ2v) is 7.10. The van der Waals surface area contributed by atoms with Crippen molar-refractivity contribution in [2.75, 3.05) is 23.4 Å². The van der Waals surface area contributed by atoms with Gasteiger partial charge in [0.1, 0.15) is 0 Å². The number of nitrogens with one attached hydrogen (secondary N) is 1. The van der Waals surface area contributed by atoms with Gasteiger partial charge in [0.25, 0.3) is 0 Å². The highest BCUT2D eigenvalue weighted by atomic mass is 16.5. The van der Waals surface area contributed by atoms with Crippen molar-refractivity contribution in [2.45, 2.75) is 51.0 Å². The van der Waals surface area contributed by atoms with Gasteiger partial charge in [-0.25, -0.2) is 0 Å². The van der Waals surface area contributed by atoms with Crippen LogP contribution in [0.2, 0.25) is 0 Å². The van der Waals surface area contributed by atoms with Gasteiger partial charge < -0.3 is 15.0 Å². The number of amides is 2. The number of hydrogen-bond donors (Lipinski definition) is 1. The number of carbonyl (C=O) groups excluding carboxylic acids is 2. The molecule has 0 aromatic heterocycles. The maximum atomic E-state index is 12.3. The smallest absolute Gasteiger partial charge is 0.230 e. The Labute approximate surface area is 142 Å². The minimum absolute atomic E-state index is 0.00533. The fraction of sp³-hybridized carbons (Fsp3) is 0.579. The molecule has 2 heterocycles. The molecule has 1 saturated carbocycles. The number of carbonyl (C=O) groups is 2. The van der Waals surface area contributed by atoms with Crippen LogP contribution in [0.25, 0.3) is 0 Å². The van der Waals surface area contributed by atoms with Gasteiger partial charge in [0, 0.05) is 30.4 Å². The third-order valence-electron chi connectivity index (χ3n) is 5.14. The number of anilines is 2. The second kappa shape index (κ2) is 6.55. The third-order valence-corrected chi connectivity index (χ3v) is 5.14. The average Bonchev–Trinajstić information content (AvgIpc) is 3.35. The molecule has 2 aliphatic heterocycles. The number of hydrogen-bond acceptors (Lipinski definition) is 3. The van der Waals surface area contributed by atoms with E-state index >= 15 is 0 Å². The monoisotopic (exact) mass is 328 g/mol. The molecule has 0 bridgehead atoms. The van der Waals surface area contributed by atoms with Crippen LogP contribution in [0.1, 0.15) is 44.1 Å². The lowest BCUT2D eigenvalue weighted by Crippen LogP contribution is -2.30. The second-order valence-electron chi connectivity index (χ2n) is 7.10. The highest BCUT2D eigenvalue weighted by Gasteiger charge is 2.36. The van der Waals surface area contributed by atoms with Gasteiger partial charge in [0.05, 0.1) is 12.5 Å². The first-order valence-corrected chi connectivity index (χ1v) is 9.06. The Balaban J connectivity index is 1.38. The van der Waals surface area contributed by atoms with Crippen molar-refractivity contribution >= 4 is 23.2 Å². The molecule has 2 amide bonds. The highest BCUT2D eigenvalue weighted by molar-refractivity contribution is 5.99. The first-order chi connectivity index (χ1) is 11.7. The Morgan fingerprint density at radius 1 is 1.21 bits per heavy atom. The van der Waals surface area contributed by atoms with E-state index in [0.717, 1.165) is 68.6 Å². The summed E-state index contributed by atoms with van der Waals surface area (Å²) < 4.78 is 5.62. The van der Waals surface area contributed by atoms with Crippen LogP contribution in [0.15, 0.2) is 18.2 Å². The molecule has 128 valence electrons. The van der Waals surface area contributed by atoms with Crippen LogP contribution in [0.4, 0.5) is 11.4 Å². The van der Waals surface area contributed by atoms with Gasteiger partial charge in [0.15, 0.2) is 0 Å². The highest BCUT2D eigenvalue weighted by Crippen LogP contribution is 2.37. The van der Waals surface area contributed by atoms with Crippen molar-refractivity contribution in [2.24, 2.45) is 5.92 Å². The quantitative estimate of drug-likeness (QED) is 0.924. The van der Waals surface area contributed by atoms with Crippen LogP contribution >= 0.6 is 0 Å². The van der Waals surface area contributed by atoms with E-state index in [4.69, 9.17) is 4.74 Å². The van der Waals surface area contributed by atoms with Crippen LogP contribution in [0, 0.1) is 5.92 Å². The maximum absolute atomic E-state index is 12.3. The topological polar surface area (TPSA) is 58.6 Å². The van der Waals surface area contributed by atoms with Gasteiger partial charge in [0.2, 0.25) is 11.8 Å². The molecule has 1 unspecified atom stereocenters. The summed E-state index contributed by atoms with van der Waals surface area (Å²) in [6, 6.07) is 5.88. The molecule has 5 heteroatoms. The summed E-state index contributed by atoms with van der Waals surface area (Å²) in [6.45, 7) is 1.53. The molecule has 1 saturated heterocycles. The van der Waals surface area contributed by atoms with E-state index in [0.29, 0.717) is 6.42 Å². The van der Waals surface area contributed by atoms with Crippen LogP contribution in [-0.2, 0) is 20.7 Å². The molecule has 24 heavy (non-hydrogen) atoms. The van der Waals surface area contributed by atoms with Crippen LogP contribution in [-0.4, -0.2) is 31.1 Å². The summed E-state index contributed by atoms with van der Waals surface area (Å²) in [7, 11) is 0. The van der Waals surface area contributed by atoms with E-state index in [9.17, 15) is 9.59 Å². The minimum Gasteiger partial charge on any atom is -0.378 e. The molecule has 1 N–H and O–H groups in total. The van der Waals surface area contributed by atoms with Gasteiger partial charge in [-0.15, -0.1) is 0 Å². The Kier molecular flexibility index (Phi) is 4.27. The van der Waals surface area contributed by atoms with E-state index in [1.807, 2.05) is 23.1 Å². The van der Waals surface area contributed by atoms with Gasteiger partial charge >= 0.3 is 0 Å². The Morgan fingerprint density at radius 2 is 2.08 bits per heavy atom. The molecular weight excluding hydrogens is 304 g/mol. The molecule has 0 spiro atoms. The number of rotatable bonds is 4. The Morgan fingerprint density at radius 3 is 2.83 bits per heavy atom. The molecule has 4 rings (SSSR count). The fourth-order valence-corrected chi connectivity index (χ4v) is 3.65. The number of ether oxygens (including phenoxy) is 1. The van der Waals surface area contributed by atoms with E-state index in [-0.39, 0.29) is 23.8 Å². The molecular formula is C19H24N2O3. The van der Waals surface area contributed by atoms with Crippen LogP contribution < -0.4 is 10.2 Å². The zero-order chi connectivity index (χ0) is 16.5. The van der Waals surface area contributed by atoms with Crippen molar-refractivity contribution in [1.82, 2.24) is 0 Å². The summed E-state index contributed by atoms with van der Waals surface area (Å²) in [5.74, 6) is 0.511. The van der Waals surface area contributed by atoms with Crippen molar-refractivity contribution in [3.8, 4) is 0 Å². The predicted molar refractivity (Wildman–Crippen MR) is 92.1 cm³/mol. The van der Waals surface area contributed by atoms with Crippen LogP contribution in [0.5, 0.6) is 0 Å². The van der Waals surface area contributed by atoms with E-state index in [2.05, 4.69) is 5.32 Å². The average molecular weight is 328 g/mol. The predicted octanol–water partition coefficient (Wildman–Crippen LogP) is 2.88. The summed E-state index contributed by atoms with van der Waals surface area (Å²) in [5.41, 5.74) is 2.98. The first-order valence-electron chi connectivity index (χ1n) is 9.06. The van der Waals surface area contributed by atoms with Crippen molar-refractivity contribution < 1.29 is 14.3 Å². The molecule has 1 aromatic carbocycles. The SMILES string of the molecule is O=C(CC1CCCCO1)Nc1ccc2c(c1)CCN2C(=O)C1CC1. The lowest BCUT2D eigenvalue weighted by molar-refractivity contribution is -0.120. The van der Waals surface area contributed by atoms with Gasteiger partial charge in [-0.05, 0) is 62.3 Å². The normalized spacial score (nSPS) is 23.0. The fourth-order valence-electron chi connectivity index (χ4n) is 3.65. The Bertz CT molecular complexity index is 648. The van der Waals surface area contributed by atoms with Crippen molar-refractivity contribution in [3.63, 3.8) is 0 Å². The van der Waals surface area contributed by atoms with E-state index < -0.39 is 0 Å². The molecule has 0 radical (unpaired) electrons. The summed E-state index contributed by atoms with van der Waals surface area (Å²) >= 11 is 0. The maximum Gasteiger partial charge on any atom is 0.230 e. The molecule has 3 aliphatic rings. The number of benzene rings is 1. The zero-order valence-electron chi connectivity index (χ0n) is 13.9. The molecule has 5 nitrogen and oxygen atoms in total. The van der Waals surface area contributed by atoms with Gasteiger partial charge in [-0.3, -0.25) is 9.59 Å². The van der Waals surface area contributed by atoms with Crippen molar-refractivity contribution in [1.29, 1.82) is 0 Å². The Hall–Kier alpha value is -1.88. The van der Waals surface area contributed by atoms with E-state index in [1.54, 1.807) is 0 Å². The molecule has 1 aromatic rings. The number of fused-ring (bicyclic) bond motifs is 1. The number of nitrogens with zero attached hydrogens (tertiary/aromatic N) is 1. The minimum atomic E-state index is 0.00533. The molecule has 1 atom stereocenters. The largest absolute Gasteiger partial charge is 0.378 e. The molecule has 1 aliphatic carbocycles. The first kappa shape index (κ1) is 15.6. The summed E-state index contributed by atoms with van der Waals surface area (Å²) in [4.78, 5) is 26.4. The van der Waals surface area contributed by atoms with Crippen LogP contribution in [0.3, 0.4) is 0 Å². The standard InChI is InChI=1S/C19H24N2O3/c22-18(12-16-3-1-2-10-24-16)20-15-6-7-17-14(11-15)8-9-21(17)19(23)13-4-5-13/h6-7,11,13,16H,1-5,8-10,12H2,(H,20,22). The molecule has 2 fully saturated rings. The zero-order valence-corrected chi connectivity index (χ0v) is 13.9. The lowest BCUT2D eigenvalue weighted by atomic mass is 10.1. The van der Waals surface area contributed by atoms with Gasteiger partial charge in [-0.2, -0.15) is 0 Å². The van der Waals surface area contributed by atoms with Gasteiger partial charge in [-0.1, -0.05) is 0 Å².